The van der Waals surface area contributed by atoms with Crippen LogP contribution in [0.5, 0.6) is 0 Å². The molecule has 2 atom stereocenters. The summed E-state index contributed by atoms with van der Waals surface area (Å²) in [5.41, 5.74) is 0.792. The Balaban J connectivity index is 2.13. The van der Waals surface area contributed by atoms with E-state index in [0.717, 1.165) is 25.5 Å². The maximum Gasteiger partial charge on any atom is 0.147 e. The van der Waals surface area contributed by atoms with Crippen LogP contribution in [0.3, 0.4) is 0 Å². The maximum atomic E-state index is 13.7. The number of aromatic nitrogens is 1. The monoisotopic (exact) mass is 254 g/mol. The molecule has 18 heavy (non-hydrogen) atoms. The van der Waals surface area contributed by atoms with Crippen LogP contribution in [-0.4, -0.2) is 17.6 Å². The van der Waals surface area contributed by atoms with Crippen molar-refractivity contribution in [1.82, 2.24) is 10.3 Å². The molecule has 4 heteroatoms. The van der Waals surface area contributed by atoms with Crippen LogP contribution in [0.4, 0.5) is 8.78 Å². The first-order valence-electron chi connectivity index (χ1n) is 6.67. The third-order valence-electron chi connectivity index (χ3n) is 3.62. The first-order valence-corrected chi connectivity index (χ1v) is 6.67. The van der Waals surface area contributed by atoms with Crippen LogP contribution < -0.4 is 5.32 Å². The van der Waals surface area contributed by atoms with Crippen molar-refractivity contribution in [3.05, 3.63) is 29.1 Å². The average molecular weight is 254 g/mol. The molecule has 1 saturated heterocycles. The molecule has 0 aliphatic carbocycles. The summed E-state index contributed by atoms with van der Waals surface area (Å²) in [6, 6.07) is 1.45. The van der Waals surface area contributed by atoms with Crippen molar-refractivity contribution in [3.8, 4) is 0 Å². The SMILES string of the molecule is CCc1nc(CC2CCN[C@H](C)C2)c(F)cc1F. The Labute approximate surface area is 107 Å². The Kier molecular flexibility index (Phi) is 4.27. The van der Waals surface area contributed by atoms with E-state index in [2.05, 4.69) is 17.2 Å². The number of piperidine rings is 1. The molecule has 0 bridgehead atoms. The van der Waals surface area contributed by atoms with Gasteiger partial charge in [-0.25, -0.2) is 8.78 Å². The van der Waals surface area contributed by atoms with Gasteiger partial charge in [0.05, 0.1) is 11.4 Å². The summed E-state index contributed by atoms with van der Waals surface area (Å²) in [4.78, 5) is 4.14. The highest BCUT2D eigenvalue weighted by molar-refractivity contribution is 5.16. The minimum atomic E-state index is -0.530. The minimum Gasteiger partial charge on any atom is -0.314 e. The number of pyridine rings is 1. The van der Waals surface area contributed by atoms with Crippen molar-refractivity contribution in [2.24, 2.45) is 5.92 Å². The third-order valence-corrected chi connectivity index (χ3v) is 3.62. The summed E-state index contributed by atoms with van der Waals surface area (Å²) < 4.78 is 27.1. The summed E-state index contributed by atoms with van der Waals surface area (Å²) in [6.07, 6.45) is 3.18. The Morgan fingerprint density at radius 2 is 2.06 bits per heavy atom. The number of rotatable bonds is 3. The average Bonchev–Trinajstić information content (AvgIpc) is 2.33. The summed E-state index contributed by atoms with van der Waals surface area (Å²) in [6.45, 7) is 4.94. The predicted molar refractivity (Wildman–Crippen MR) is 67.4 cm³/mol. The Morgan fingerprint density at radius 1 is 1.33 bits per heavy atom. The fraction of sp³-hybridized carbons (Fsp3) is 0.643. The normalized spacial score (nSPS) is 24.2. The van der Waals surface area contributed by atoms with Crippen LogP contribution in [-0.2, 0) is 12.8 Å². The van der Waals surface area contributed by atoms with Crippen molar-refractivity contribution >= 4 is 0 Å². The van der Waals surface area contributed by atoms with E-state index in [9.17, 15) is 8.78 Å². The van der Waals surface area contributed by atoms with Gasteiger partial charge >= 0.3 is 0 Å². The number of nitrogens with zero attached hydrogens (tertiary/aromatic N) is 1. The van der Waals surface area contributed by atoms with Gasteiger partial charge in [0.25, 0.3) is 0 Å². The van der Waals surface area contributed by atoms with Crippen molar-refractivity contribution in [1.29, 1.82) is 0 Å². The van der Waals surface area contributed by atoms with Crippen molar-refractivity contribution in [3.63, 3.8) is 0 Å². The van der Waals surface area contributed by atoms with E-state index in [1.165, 1.54) is 0 Å². The highest BCUT2D eigenvalue weighted by Crippen LogP contribution is 2.22. The fourth-order valence-electron chi connectivity index (χ4n) is 2.63. The second-order valence-electron chi connectivity index (χ2n) is 5.15. The molecule has 1 N–H and O–H groups in total. The third kappa shape index (κ3) is 3.05. The van der Waals surface area contributed by atoms with Gasteiger partial charge in [-0.2, -0.15) is 0 Å². The van der Waals surface area contributed by atoms with Gasteiger partial charge in [-0.15, -0.1) is 0 Å². The summed E-state index contributed by atoms with van der Waals surface area (Å²) >= 11 is 0. The van der Waals surface area contributed by atoms with Crippen LogP contribution in [0.2, 0.25) is 0 Å². The highest BCUT2D eigenvalue weighted by atomic mass is 19.1. The smallest absolute Gasteiger partial charge is 0.147 e. The topological polar surface area (TPSA) is 24.9 Å². The van der Waals surface area contributed by atoms with E-state index < -0.39 is 11.6 Å². The van der Waals surface area contributed by atoms with Crippen molar-refractivity contribution in [2.75, 3.05) is 6.54 Å². The summed E-state index contributed by atoms with van der Waals surface area (Å²) in [7, 11) is 0. The molecule has 0 spiro atoms. The van der Waals surface area contributed by atoms with Gasteiger partial charge in [0.2, 0.25) is 0 Å². The fourth-order valence-corrected chi connectivity index (χ4v) is 2.63. The summed E-state index contributed by atoms with van der Waals surface area (Å²) in [5.74, 6) is -0.591. The quantitative estimate of drug-likeness (QED) is 0.897. The molecule has 1 aromatic rings. The molecule has 1 unspecified atom stereocenters. The van der Waals surface area contributed by atoms with Crippen LogP contribution in [0.15, 0.2) is 6.07 Å². The minimum absolute atomic E-state index is 0.369. The molecule has 2 nitrogen and oxygen atoms in total. The van der Waals surface area contributed by atoms with E-state index in [1.807, 2.05) is 6.92 Å². The lowest BCUT2D eigenvalue weighted by Gasteiger charge is -2.27. The predicted octanol–water partition coefficient (Wildman–Crippen LogP) is 2.85. The first kappa shape index (κ1) is 13.4. The van der Waals surface area contributed by atoms with Gasteiger partial charge in [0.1, 0.15) is 11.6 Å². The van der Waals surface area contributed by atoms with Crippen LogP contribution >= 0.6 is 0 Å². The molecule has 1 aliphatic heterocycles. The van der Waals surface area contributed by atoms with E-state index >= 15 is 0 Å². The number of halogens is 2. The Hall–Kier alpha value is -1.03. The highest BCUT2D eigenvalue weighted by Gasteiger charge is 2.21. The number of hydrogen-bond acceptors (Lipinski definition) is 2. The second kappa shape index (κ2) is 5.74. The van der Waals surface area contributed by atoms with Crippen LogP contribution in [0.25, 0.3) is 0 Å². The van der Waals surface area contributed by atoms with Gasteiger partial charge < -0.3 is 5.32 Å². The van der Waals surface area contributed by atoms with Gasteiger partial charge in [-0.05, 0) is 45.1 Å². The maximum absolute atomic E-state index is 13.7. The molecule has 0 amide bonds. The lowest BCUT2D eigenvalue weighted by molar-refractivity contribution is 0.309. The number of hydrogen-bond donors (Lipinski definition) is 1. The molecular weight excluding hydrogens is 234 g/mol. The molecule has 1 aliphatic rings. The molecule has 1 aromatic heterocycles. The van der Waals surface area contributed by atoms with E-state index in [1.54, 1.807) is 0 Å². The molecule has 0 radical (unpaired) electrons. The zero-order valence-electron chi connectivity index (χ0n) is 11.0. The van der Waals surface area contributed by atoms with Gasteiger partial charge in [-0.1, -0.05) is 6.92 Å². The molecule has 100 valence electrons. The van der Waals surface area contributed by atoms with Gasteiger partial charge in [0, 0.05) is 12.1 Å². The van der Waals surface area contributed by atoms with Gasteiger partial charge in [-0.3, -0.25) is 4.98 Å². The first-order chi connectivity index (χ1) is 8.60. The second-order valence-corrected chi connectivity index (χ2v) is 5.15. The number of aryl methyl sites for hydroxylation is 1. The zero-order chi connectivity index (χ0) is 13.1. The molecule has 2 heterocycles. The van der Waals surface area contributed by atoms with E-state index in [0.29, 0.717) is 36.2 Å². The van der Waals surface area contributed by atoms with Crippen molar-refractivity contribution < 1.29 is 8.78 Å². The van der Waals surface area contributed by atoms with Gasteiger partial charge in [0.15, 0.2) is 0 Å². The largest absolute Gasteiger partial charge is 0.314 e. The zero-order valence-corrected chi connectivity index (χ0v) is 11.0. The Morgan fingerprint density at radius 3 is 2.72 bits per heavy atom. The lowest BCUT2D eigenvalue weighted by Crippen LogP contribution is -2.36. The molecule has 0 saturated carbocycles. The molecule has 1 fully saturated rings. The molecule has 0 aromatic carbocycles. The number of nitrogens with one attached hydrogen (secondary N) is 1. The van der Waals surface area contributed by atoms with Crippen LogP contribution in [0, 0.1) is 17.6 Å². The molecule has 2 rings (SSSR count). The molecular formula is C14H20F2N2. The van der Waals surface area contributed by atoms with Crippen LogP contribution in [0.1, 0.15) is 38.1 Å². The lowest BCUT2D eigenvalue weighted by atomic mass is 9.89. The standard InChI is InChI=1S/C14H20F2N2/c1-3-13-11(15)8-12(16)14(18-13)7-10-4-5-17-9(2)6-10/h8-10,17H,3-7H2,1-2H3/t9-,10?/m1/s1. The van der Waals surface area contributed by atoms with E-state index in [4.69, 9.17) is 0 Å². The van der Waals surface area contributed by atoms with E-state index in [-0.39, 0.29) is 0 Å². The summed E-state index contributed by atoms with van der Waals surface area (Å²) in [5, 5.41) is 3.37. The van der Waals surface area contributed by atoms with Crippen molar-refractivity contribution in [2.45, 2.75) is 45.6 Å². The Bertz CT molecular complexity index is 421.